The van der Waals surface area contributed by atoms with Crippen LogP contribution in [0.3, 0.4) is 0 Å². The number of carbonyl (C=O) groups is 1. The molecule has 0 N–H and O–H groups in total. The van der Waals surface area contributed by atoms with Crippen molar-refractivity contribution < 1.29 is 9.53 Å². The highest BCUT2D eigenvalue weighted by Gasteiger charge is 2.18. The summed E-state index contributed by atoms with van der Waals surface area (Å²) in [6.45, 7) is 1.10. The van der Waals surface area contributed by atoms with Gasteiger partial charge in [0.25, 0.3) is 0 Å². The molecule has 1 aliphatic heterocycles. The van der Waals surface area contributed by atoms with Crippen LogP contribution in [-0.4, -0.2) is 24.4 Å². The largest absolute Gasteiger partial charge is 0.491 e. The van der Waals surface area contributed by atoms with Crippen molar-refractivity contribution in [3.05, 3.63) is 47.7 Å². The monoisotopic (exact) mass is 203 g/mol. The maximum absolute atomic E-state index is 11.2. The van der Waals surface area contributed by atoms with Crippen LogP contribution >= 0.6 is 0 Å². The average molecular weight is 203 g/mol. The van der Waals surface area contributed by atoms with E-state index in [0.29, 0.717) is 13.2 Å². The van der Waals surface area contributed by atoms with E-state index in [-0.39, 0.29) is 5.91 Å². The Bertz CT molecular complexity index is 384. The van der Waals surface area contributed by atoms with E-state index in [2.05, 4.69) is 0 Å². The fraction of sp³-hybridized carbons (Fsp3) is 0.250. The van der Waals surface area contributed by atoms with Gasteiger partial charge in [0, 0.05) is 13.1 Å². The smallest absolute Gasteiger partial charge is 0.250 e. The van der Waals surface area contributed by atoms with Crippen LogP contribution in [0.4, 0.5) is 0 Å². The minimum absolute atomic E-state index is 0.0121. The molecule has 0 unspecified atom stereocenters. The van der Waals surface area contributed by atoms with Crippen LogP contribution < -0.4 is 0 Å². The summed E-state index contributed by atoms with van der Waals surface area (Å²) in [6, 6.07) is 9.91. The van der Waals surface area contributed by atoms with Crippen LogP contribution in [0.5, 0.6) is 0 Å². The molecule has 1 aromatic rings. The van der Waals surface area contributed by atoms with Gasteiger partial charge in [-0.25, -0.2) is 0 Å². The first-order valence-corrected chi connectivity index (χ1v) is 4.88. The highest BCUT2D eigenvalue weighted by atomic mass is 16.5. The normalized spacial score (nSPS) is 15.4. The molecule has 2 rings (SSSR count). The second-order valence-corrected chi connectivity index (χ2v) is 3.58. The average Bonchev–Trinajstić information content (AvgIpc) is 2.57. The quantitative estimate of drug-likeness (QED) is 0.746. The summed E-state index contributed by atoms with van der Waals surface area (Å²) in [4.78, 5) is 12.8. The molecule has 0 atom stereocenters. The zero-order chi connectivity index (χ0) is 10.7. The van der Waals surface area contributed by atoms with E-state index in [1.165, 1.54) is 0 Å². The van der Waals surface area contributed by atoms with Gasteiger partial charge in [-0.15, -0.1) is 0 Å². The molecule has 1 aliphatic rings. The van der Waals surface area contributed by atoms with Gasteiger partial charge >= 0.3 is 0 Å². The van der Waals surface area contributed by atoms with Gasteiger partial charge in [-0.05, 0) is 5.56 Å². The molecule has 3 heteroatoms. The zero-order valence-corrected chi connectivity index (χ0v) is 8.64. The lowest BCUT2D eigenvalue weighted by Gasteiger charge is -2.09. The number of hydrogen-bond donors (Lipinski definition) is 0. The van der Waals surface area contributed by atoms with Crippen LogP contribution in [0.25, 0.3) is 0 Å². The van der Waals surface area contributed by atoms with Crippen LogP contribution in [-0.2, 0) is 16.1 Å². The van der Waals surface area contributed by atoms with Crippen molar-refractivity contribution in [3.63, 3.8) is 0 Å². The summed E-state index contributed by atoms with van der Waals surface area (Å²) < 4.78 is 5.53. The molecule has 1 aromatic carbocycles. The highest BCUT2D eigenvalue weighted by molar-refractivity contribution is 5.90. The predicted octanol–water partition coefficient (Wildman–Crippen LogP) is 1.56. The van der Waals surface area contributed by atoms with Crippen molar-refractivity contribution in [1.82, 2.24) is 4.90 Å². The Balaban J connectivity index is 1.90. The van der Waals surface area contributed by atoms with Crippen LogP contribution in [0.2, 0.25) is 0 Å². The number of amides is 1. The highest BCUT2D eigenvalue weighted by Crippen LogP contribution is 2.12. The Hall–Kier alpha value is -1.77. The summed E-state index contributed by atoms with van der Waals surface area (Å²) in [5.74, 6) is 0.754. The van der Waals surface area contributed by atoms with Crippen LogP contribution in [0.1, 0.15) is 5.56 Å². The summed E-state index contributed by atoms with van der Waals surface area (Å²) >= 11 is 0. The molecule has 0 saturated heterocycles. The molecule has 1 amide bonds. The first-order chi connectivity index (χ1) is 7.25. The molecular weight excluding hydrogens is 190 g/mol. The summed E-state index contributed by atoms with van der Waals surface area (Å²) in [7, 11) is 1.76. The predicted molar refractivity (Wildman–Crippen MR) is 57.0 cm³/mol. The summed E-state index contributed by atoms with van der Waals surface area (Å²) in [5, 5.41) is 0. The standard InChI is InChI=1S/C12H13NO2/c1-13-8-11(7-12(13)14)15-9-10-5-3-2-4-6-10/h2-7H,8-9H2,1H3. The van der Waals surface area contributed by atoms with Crippen molar-refractivity contribution >= 4 is 5.91 Å². The first-order valence-electron chi connectivity index (χ1n) is 4.88. The van der Waals surface area contributed by atoms with Gasteiger partial charge in [0.1, 0.15) is 12.4 Å². The number of rotatable bonds is 3. The Labute approximate surface area is 89.0 Å². The second-order valence-electron chi connectivity index (χ2n) is 3.58. The van der Waals surface area contributed by atoms with Gasteiger partial charge in [0.2, 0.25) is 5.91 Å². The molecule has 0 fully saturated rings. The van der Waals surface area contributed by atoms with Gasteiger partial charge in [-0.1, -0.05) is 30.3 Å². The van der Waals surface area contributed by atoms with Crippen LogP contribution in [0.15, 0.2) is 42.2 Å². The minimum Gasteiger partial charge on any atom is -0.491 e. The molecule has 0 aliphatic carbocycles. The number of benzene rings is 1. The second kappa shape index (κ2) is 4.17. The molecule has 0 spiro atoms. The third-order valence-corrected chi connectivity index (χ3v) is 2.32. The van der Waals surface area contributed by atoms with Gasteiger partial charge in [0.05, 0.1) is 6.54 Å². The molecule has 15 heavy (non-hydrogen) atoms. The maximum atomic E-state index is 11.2. The number of nitrogens with zero attached hydrogens (tertiary/aromatic N) is 1. The summed E-state index contributed by atoms with van der Waals surface area (Å²) in [5.41, 5.74) is 1.11. The van der Waals surface area contributed by atoms with E-state index in [1.807, 2.05) is 30.3 Å². The van der Waals surface area contributed by atoms with E-state index in [4.69, 9.17) is 4.74 Å². The number of carbonyl (C=O) groups excluding carboxylic acids is 1. The van der Waals surface area contributed by atoms with Gasteiger partial charge in [0.15, 0.2) is 0 Å². The third kappa shape index (κ3) is 2.37. The Morgan fingerprint density at radius 2 is 2.07 bits per heavy atom. The lowest BCUT2D eigenvalue weighted by atomic mass is 10.2. The lowest BCUT2D eigenvalue weighted by molar-refractivity contribution is -0.123. The van der Waals surface area contributed by atoms with E-state index >= 15 is 0 Å². The Kier molecular flexibility index (Phi) is 2.72. The van der Waals surface area contributed by atoms with E-state index in [9.17, 15) is 4.79 Å². The summed E-state index contributed by atoms with van der Waals surface area (Å²) in [6.07, 6.45) is 1.54. The van der Waals surface area contributed by atoms with Crippen molar-refractivity contribution in [2.75, 3.05) is 13.6 Å². The van der Waals surface area contributed by atoms with Crippen LogP contribution in [0, 0.1) is 0 Å². The van der Waals surface area contributed by atoms with E-state index in [1.54, 1.807) is 18.0 Å². The third-order valence-electron chi connectivity index (χ3n) is 2.32. The molecular formula is C12H13NO2. The molecule has 1 heterocycles. The molecule has 3 nitrogen and oxygen atoms in total. The fourth-order valence-electron chi connectivity index (χ4n) is 1.44. The first kappa shape index (κ1) is 9.77. The zero-order valence-electron chi connectivity index (χ0n) is 8.64. The van der Waals surface area contributed by atoms with Crippen molar-refractivity contribution in [2.45, 2.75) is 6.61 Å². The van der Waals surface area contributed by atoms with E-state index < -0.39 is 0 Å². The molecule has 78 valence electrons. The number of ether oxygens (including phenoxy) is 1. The van der Waals surface area contributed by atoms with E-state index in [0.717, 1.165) is 11.3 Å². The minimum atomic E-state index is 0.0121. The molecule has 0 bridgehead atoms. The topological polar surface area (TPSA) is 29.5 Å². The SMILES string of the molecule is CN1CC(OCc2ccccc2)=CC1=O. The maximum Gasteiger partial charge on any atom is 0.250 e. The Morgan fingerprint density at radius 1 is 1.33 bits per heavy atom. The molecule has 0 aromatic heterocycles. The van der Waals surface area contributed by atoms with Crippen molar-refractivity contribution in [3.8, 4) is 0 Å². The molecule has 0 saturated carbocycles. The fourth-order valence-corrected chi connectivity index (χ4v) is 1.44. The lowest BCUT2D eigenvalue weighted by Crippen LogP contribution is -2.20. The Morgan fingerprint density at radius 3 is 2.67 bits per heavy atom. The van der Waals surface area contributed by atoms with Gasteiger partial charge in [-0.3, -0.25) is 4.79 Å². The molecule has 0 radical (unpaired) electrons. The number of likely N-dealkylation sites (N-methyl/N-ethyl adjacent to an activating group) is 1. The number of hydrogen-bond acceptors (Lipinski definition) is 2. The van der Waals surface area contributed by atoms with Gasteiger partial charge < -0.3 is 9.64 Å². The van der Waals surface area contributed by atoms with Crippen molar-refractivity contribution in [2.24, 2.45) is 0 Å². The van der Waals surface area contributed by atoms with Crippen molar-refractivity contribution in [1.29, 1.82) is 0 Å². The van der Waals surface area contributed by atoms with Gasteiger partial charge in [-0.2, -0.15) is 0 Å².